The predicted octanol–water partition coefficient (Wildman–Crippen LogP) is 4.88. The van der Waals surface area contributed by atoms with Gasteiger partial charge < -0.3 is 9.47 Å². The van der Waals surface area contributed by atoms with Gasteiger partial charge in [-0.25, -0.2) is 0 Å². The van der Waals surface area contributed by atoms with Crippen molar-refractivity contribution in [2.24, 2.45) is 11.3 Å². The summed E-state index contributed by atoms with van der Waals surface area (Å²) in [6.45, 7) is 4.84. The second-order valence-corrected chi connectivity index (χ2v) is 6.66. The number of benzene rings is 1. The molecule has 24 heavy (non-hydrogen) atoms. The molecule has 0 radical (unpaired) electrons. The zero-order valence-electron chi connectivity index (χ0n) is 14.7. The summed E-state index contributed by atoms with van der Waals surface area (Å²) < 4.78 is 11.0. The Hall–Kier alpha value is -2.02. The molecule has 1 aromatic rings. The first-order valence-corrected chi connectivity index (χ1v) is 8.98. The molecule has 0 spiro atoms. The van der Waals surface area contributed by atoms with Crippen molar-refractivity contribution >= 4 is 5.97 Å². The average molecular weight is 329 g/mol. The molecule has 0 unspecified atom stereocenters. The summed E-state index contributed by atoms with van der Waals surface area (Å²) in [5.74, 6) is 1.06. The number of esters is 1. The Labute approximate surface area is 144 Å². The van der Waals surface area contributed by atoms with Gasteiger partial charge in [0.05, 0.1) is 24.0 Å². The van der Waals surface area contributed by atoms with Crippen molar-refractivity contribution in [3.05, 3.63) is 24.3 Å². The fourth-order valence-electron chi connectivity index (χ4n) is 3.33. The molecule has 2 rings (SSSR count). The monoisotopic (exact) mass is 329 g/mol. The van der Waals surface area contributed by atoms with Gasteiger partial charge in [-0.2, -0.15) is 5.26 Å². The highest BCUT2D eigenvalue weighted by Gasteiger charge is 2.37. The molecular weight excluding hydrogens is 302 g/mol. The van der Waals surface area contributed by atoms with Crippen LogP contribution in [0.4, 0.5) is 0 Å². The number of rotatable bonds is 7. The molecule has 0 heterocycles. The lowest BCUT2D eigenvalue weighted by Gasteiger charge is -2.33. The minimum absolute atomic E-state index is 0.0978. The number of nitrogens with zero attached hydrogens (tertiary/aromatic N) is 1. The van der Waals surface area contributed by atoms with Gasteiger partial charge >= 0.3 is 5.97 Å². The summed E-state index contributed by atoms with van der Waals surface area (Å²) in [7, 11) is 0. The van der Waals surface area contributed by atoms with E-state index in [0.717, 1.165) is 50.7 Å². The van der Waals surface area contributed by atoms with Gasteiger partial charge in [-0.3, -0.25) is 4.79 Å². The molecule has 1 aliphatic carbocycles. The lowest BCUT2D eigenvalue weighted by molar-refractivity contribution is -0.140. The van der Waals surface area contributed by atoms with Gasteiger partial charge in [0, 0.05) is 0 Å². The van der Waals surface area contributed by atoms with Crippen LogP contribution < -0.4 is 9.47 Å². The first-order chi connectivity index (χ1) is 11.6. The third-order valence-corrected chi connectivity index (χ3v) is 4.76. The largest absolute Gasteiger partial charge is 0.494 e. The normalized spacial score (nSPS) is 23.3. The molecule has 0 N–H and O–H groups in total. The molecule has 0 atom stereocenters. The van der Waals surface area contributed by atoms with E-state index in [9.17, 15) is 10.1 Å². The van der Waals surface area contributed by atoms with Crippen LogP contribution in [0.2, 0.25) is 0 Å². The van der Waals surface area contributed by atoms with Crippen LogP contribution in [-0.4, -0.2) is 12.6 Å². The van der Waals surface area contributed by atoms with Gasteiger partial charge in [-0.05, 0) is 62.8 Å². The zero-order chi connectivity index (χ0) is 17.4. The topological polar surface area (TPSA) is 59.3 Å². The molecule has 0 amide bonds. The van der Waals surface area contributed by atoms with Gasteiger partial charge in [0.15, 0.2) is 0 Å². The Morgan fingerprint density at radius 3 is 2.33 bits per heavy atom. The number of hydrogen-bond donors (Lipinski definition) is 0. The summed E-state index contributed by atoms with van der Waals surface area (Å²) in [6, 6.07) is 9.66. The molecule has 130 valence electrons. The second-order valence-electron chi connectivity index (χ2n) is 6.66. The minimum Gasteiger partial charge on any atom is -0.494 e. The predicted molar refractivity (Wildman–Crippen MR) is 92.8 cm³/mol. The Balaban J connectivity index is 1.86. The molecule has 0 aliphatic heterocycles. The second kappa shape index (κ2) is 8.73. The fraction of sp³-hybridized carbons (Fsp3) is 0.600. The summed E-state index contributed by atoms with van der Waals surface area (Å²) in [5, 5.41) is 9.44. The zero-order valence-corrected chi connectivity index (χ0v) is 14.7. The van der Waals surface area contributed by atoms with Crippen molar-refractivity contribution in [1.82, 2.24) is 0 Å². The molecule has 0 saturated heterocycles. The van der Waals surface area contributed by atoms with Crippen LogP contribution in [-0.2, 0) is 4.79 Å². The summed E-state index contributed by atoms with van der Waals surface area (Å²) in [6.07, 6.45) is 5.95. The fourth-order valence-corrected chi connectivity index (χ4v) is 3.33. The highest BCUT2D eigenvalue weighted by molar-refractivity contribution is 5.75. The molecule has 1 aliphatic rings. The maximum atomic E-state index is 12.3. The van der Waals surface area contributed by atoms with Crippen LogP contribution in [0.3, 0.4) is 0 Å². The number of carbonyl (C=O) groups is 1. The van der Waals surface area contributed by atoms with Crippen LogP contribution >= 0.6 is 0 Å². The minimum atomic E-state index is -0.232. The van der Waals surface area contributed by atoms with Crippen molar-refractivity contribution in [2.75, 3.05) is 6.61 Å². The number of hydrogen-bond acceptors (Lipinski definition) is 4. The van der Waals surface area contributed by atoms with Crippen molar-refractivity contribution in [3.63, 3.8) is 0 Å². The van der Waals surface area contributed by atoms with Crippen molar-refractivity contribution in [1.29, 1.82) is 5.26 Å². The lowest BCUT2D eigenvalue weighted by Crippen LogP contribution is -2.31. The number of nitriles is 1. The molecule has 1 saturated carbocycles. The Bertz CT molecular complexity index is 566. The SMILES string of the molecule is CCCOc1ccc(OC(=O)[C@H]2CC[C@](C#N)(CCC)CC2)cc1. The molecule has 0 aromatic heterocycles. The van der Waals surface area contributed by atoms with Crippen molar-refractivity contribution in [3.8, 4) is 17.6 Å². The quantitative estimate of drug-likeness (QED) is 0.528. The molecule has 4 heteroatoms. The summed E-state index contributed by atoms with van der Waals surface area (Å²) in [4.78, 5) is 12.3. The van der Waals surface area contributed by atoms with E-state index < -0.39 is 0 Å². The lowest BCUT2D eigenvalue weighted by atomic mass is 9.69. The number of ether oxygens (including phenoxy) is 2. The molecular formula is C20H27NO3. The smallest absolute Gasteiger partial charge is 0.314 e. The van der Waals surface area contributed by atoms with E-state index >= 15 is 0 Å². The number of carbonyl (C=O) groups excluding carboxylic acids is 1. The van der Waals surface area contributed by atoms with Crippen LogP contribution in [0.1, 0.15) is 58.8 Å². The highest BCUT2D eigenvalue weighted by atomic mass is 16.5. The standard InChI is InChI=1S/C20H27NO3/c1-3-11-20(15-21)12-9-16(10-13-20)19(22)24-18-7-5-17(6-8-18)23-14-4-2/h5-8,16H,3-4,9-14H2,1-2H3/t16-,20+. The third-order valence-electron chi connectivity index (χ3n) is 4.76. The van der Waals surface area contributed by atoms with E-state index in [0.29, 0.717) is 12.4 Å². The van der Waals surface area contributed by atoms with Crippen molar-refractivity contribution in [2.45, 2.75) is 58.8 Å². The van der Waals surface area contributed by atoms with Crippen LogP contribution in [0.5, 0.6) is 11.5 Å². The van der Waals surface area contributed by atoms with Gasteiger partial charge in [0.25, 0.3) is 0 Å². The summed E-state index contributed by atoms with van der Waals surface area (Å²) in [5.41, 5.74) is -0.232. The van der Waals surface area contributed by atoms with Crippen LogP contribution in [0.15, 0.2) is 24.3 Å². The van der Waals surface area contributed by atoms with Gasteiger partial charge in [0.1, 0.15) is 11.5 Å². The van der Waals surface area contributed by atoms with Crippen molar-refractivity contribution < 1.29 is 14.3 Å². The van der Waals surface area contributed by atoms with Gasteiger partial charge in [-0.1, -0.05) is 20.3 Å². The van der Waals surface area contributed by atoms with E-state index in [1.165, 1.54) is 0 Å². The maximum Gasteiger partial charge on any atom is 0.314 e. The van der Waals surface area contributed by atoms with Gasteiger partial charge in [0.2, 0.25) is 0 Å². The Morgan fingerprint density at radius 1 is 1.17 bits per heavy atom. The highest BCUT2D eigenvalue weighted by Crippen LogP contribution is 2.42. The molecule has 1 aromatic carbocycles. The molecule has 4 nitrogen and oxygen atoms in total. The Kier molecular flexibility index (Phi) is 6.66. The summed E-state index contributed by atoms with van der Waals surface area (Å²) >= 11 is 0. The average Bonchev–Trinajstić information content (AvgIpc) is 2.62. The van der Waals surface area contributed by atoms with Gasteiger partial charge in [-0.15, -0.1) is 0 Å². The maximum absolute atomic E-state index is 12.3. The van der Waals surface area contributed by atoms with E-state index in [4.69, 9.17) is 9.47 Å². The van der Waals surface area contributed by atoms with E-state index in [1.54, 1.807) is 12.1 Å². The van der Waals surface area contributed by atoms with Crippen LogP contribution in [0, 0.1) is 22.7 Å². The third kappa shape index (κ3) is 4.74. The first-order valence-electron chi connectivity index (χ1n) is 8.98. The van der Waals surface area contributed by atoms with E-state index in [-0.39, 0.29) is 17.3 Å². The molecule has 1 fully saturated rings. The van der Waals surface area contributed by atoms with Crippen LogP contribution in [0.25, 0.3) is 0 Å². The molecule has 0 bridgehead atoms. The van der Waals surface area contributed by atoms with E-state index in [2.05, 4.69) is 19.9 Å². The Morgan fingerprint density at radius 2 is 1.79 bits per heavy atom. The van der Waals surface area contributed by atoms with E-state index in [1.807, 2.05) is 12.1 Å². The first kappa shape index (κ1) is 18.3.